The quantitative estimate of drug-likeness (QED) is 0.366. The number of rotatable bonds is 0. The summed E-state index contributed by atoms with van der Waals surface area (Å²) in [6.07, 6.45) is 2.18. The third-order valence-electron chi connectivity index (χ3n) is 0.909. The normalized spacial score (nSPS) is 21.3. The summed E-state index contributed by atoms with van der Waals surface area (Å²) in [6, 6.07) is 0. The van der Waals surface area contributed by atoms with Crippen molar-refractivity contribution in [1.82, 2.24) is 0 Å². The van der Waals surface area contributed by atoms with E-state index in [0.717, 1.165) is 6.08 Å². The standard InChI is InChI=1S/C6H4O5/c1-4-2-3-5(7)9-11-10-6(4)8/h2-3H,1H2/b3-2-. The second-order valence-electron chi connectivity index (χ2n) is 1.70. The summed E-state index contributed by atoms with van der Waals surface area (Å²) in [5, 5.41) is 3.76. The van der Waals surface area contributed by atoms with Crippen molar-refractivity contribution in [1.29, 1.82) is 0 Å². The van der Waals surface area contributed by atoms with Crippen LogP contribution in [0.15, 0.2) is 24.3 Å². The molecule has 0 unspecified atom stereocenters. The van der Waals surface area contributed by atoms with Gasteiger partial charge < -0.3 is 0 Å². The van der Waals surface area contributed by atoms with Gasteiger partial charge in [-0.05, 0) is 6.08 Å². The van der Waals surface area contributed by atoms with Gasteiger partial charge in [0.15, 0.2) is 0 Å². The first-order chi connectivity index (χ1) is 5.20. The maximum absolute atomic E-state index is 10.6. The van der Waals surface area contributed by atoms with Crippen LogP contribution < -0.4 is 0 Å². The number of hydrogen-bond donors (Lipinski definition) is 0. The van der Waals surface area contributed by atoms with Gasteiger partial charge in [0.2, 0.25) is 0 Å². The Kier molecular flexibility index (Phi) is 2.03. The molecular weight excluding hydrogens is 152 g/mol. The summed E-state index contributed by atoms with van der Waals surface area (Å²) in [5.41, 5.74) is 0.0154. The Labute approximate surface area is 61.7 Å². The summed E-state index contributed by atoms with van der Waals surface area (Å²) in [4.78, 5) is 28.8. The SMILES string of the molecule is C=C1/C=C\C(=O)OOOC1=O. The molecule has 0 fully saturated rings. The lowest BCUT2D eigenvalue weighted by molar-refractivity contribution is -0.456. The topological polar surface area (TPSA) is 61.8 Å². The van der Waals surface area contributed by atoms with E-state index in [-0.39, 0.29) is 5.57 Å². The highest BCUT2D eigenvalue weighted by atomic mass is 17.5. The Morgan fingerprint density at radius 1 is 1.18 bits per heavy atom. The second-order valence-corrected chi connectivity index (χ2v) is 1.70. The Balaban J connectivity index is 2.75. The summed E-state index contributed by atoms with van der Waals surface area (Å²) in [5.74, 6) is -1.56. The second kappa shape index (κ2) is 2.98. The van der Waals surface area contributed by atoms with E-state index in [1.54, 1.807) is 0 Å². The molecule has 0 aromatic heterocycles. The molecule has 0 aliphatic carbocycles. The van der Waals surface area contributed by atoms with E-state index in [9.17, 15) is 9.59 Å². The van der Waals surface area contributed by atoms with Crippen LogP contribution in [0.5, 0.6) is 0 Å². The molecule has 5 nitrogen and oxygen atoms in total. The van der Waals surface area contributed by atoms with Crippen molar-refractivity contribution >= 4 is 11.9 Å². The van der Waals surface area contributed by atoms with Crippen LogP contribution >= 0.6 is 0 Å². The van der Waals surface area contributed by atoms with E-state index in [0.29, 0.717) is 0 Å². The lowest BCUT2D eigenvalue weighted by atomic mass is 10.3. The third-order valence-corrected chi connectivity index (χ3v) is 0.909. The van der Waals surface area contributed by atoms with Crippen molar-refractivity contribution in [2.45, 2.75) is 0 Å². The van der Waals surface area contributed by atoms with Gasteiger partial charge in [0.25, 0.3) is 0 Å². The highest BCUT2D eigenvalue weighted by Crippen LogP contribution is 2.01. The molecule has 0 aromatic carbocycles. The Bertz CT molecular complexity index is 239. The number of hydrogen-bond acceptors (Lipinski definition) is 5. The van der Waals surface area contributed by atoms with Gasteiger partial charge in [-0.3, -0.25) is 9.78 Å². The van der Waals surface area contributed by atoms with Crippen molar-refractivity contribution in [2.24, 2.45) is 0 Å². The molecule has 58 valence electrons. The Morgan fingerprint density at radius 3 is 2.64 bits per heavy atom. The zero-order valence-corrected chi connectivity index (χ0v) is 5.40. The lowest BCUT2D eigenvalue weighted by Gasteiger charge is -2.02. The van der Waals surface area contributed by atoms with Crippen molar-refractivity contribution < 1.29 is 24.4 Å². The van der Waals surface area contributed by atoms with Crippen LogP contribution in [0.25, 0.3) is 0 Å². The maximum atomic E-state index is 10.6. The van der Waals surface area contributed by atoms with Crippen molar-refractivity contribution in [3.8, 4) is 0 Å². The highest BCUT2D eigenvalue weighted by molar-refractivity contribution is 5.93. The molecule has 0 N–H and O–H groups in total. The largest absolute Gasteiger partial charge is 0.376 e. The van der Waals surface area contributed by atoms with Crippen LogP contribution in [0.2, 0.25) is 0 Å². The average molecular weight is 156 g/mol. The van der Waals surface area contributed by atoms with E-state index in [1.165, 1.54) is 6.08 Å². The van der Waals surface area contributed by atoms with E-state index in [1.807, 2.05) is 0 Å². The minimum atomic E-state index is -0.797. The zero-order chi connectivity index (χ0) is 8.27. The van der Waals surface area contributed by atoms with Crippen LogP contribution in [0, 0.1) is 0 Å². The first-order valence-electron chi connectivity index (χ1n) is 2.66. The fourth-order valence-electron chi connectivity index (χ4n) is 0.399. The van der Waals surface area contributed by atoms with E-state index < -0.39 is 11.9 Å². The summed E-state index contributed by atoms with van der Waals surface area (Å²) < 4.78 is 0. The predicted octanol–water partition coefficient (Wildman–Crippen LogP) is 0.0454. The fraction of sp³-hybridized carbons (Fsp3) is 0. The number of carbonyl (C=O) groups is 2. The van der Waals surface area contributed by atoms with Crippen LogP contribution in [0.3, 0.4) is 0 Å². The van der Waals surface area contributed by atoms with Crippen molar-refractivity contribution in [3.05, 3.63) is 24.3 Å². The van der Waals surface area contributed by atoms with Gasteiger partial charge in [-0.1, -0.05) is 6.58 Å². The molecule has 5 heteroatoms. The zero-order valence-electron chi connectivity index (χ0n) is 5.40. The molecule has 0 bridgehead atoms. The molecular formula is C6H4O5. The lowest BCUT2D eigenvalue weighted by Crippen LogP contribution is -2.12. The van der Waals surface area contributed by atoms with Crippen molar-refractivity contribution in [3.63, 3.8) is 0 Å². The first kappa shape index (κ1) is 7.49. The molecule has 1 aliphatic heterocycles. The van der Waals surface area contributed by atoms with Gasteiger partial charge in [-0.2, -0.15) is 0 Å². The van der Waals surface area contributed by atoms with Gasteiger partial charge in [0.1, 0.15) is 0 Å². The Hall–Kier alpha value is -1.62. The summed E-state index contributed by atoms with van der Waals surface area (Å²) in [7, 11) is 0. The smallest absolute Gasteiger partial charge is 0.255 e. The molecule has 0 aromatic rings. The predicted molar refractivity (Wildman–Crippen MR) is 31.5 cm³/mol. The monoisotopic (exact) mass is 156 g/mol. The van der Waals surface area contributed by atoms with Crippen LogP contribution in [-0.2, 0) is 24.4 Å². The third kappa shape index (κ3) is 1.91. The highest BCUT2D eigenvalue weighted by Gasteiger charge is 2.12. The van der Waals surface area contributed by atoms with Crippen molar-refractivity contribution in [2.75, 3.05) is 0 Å². The van der Waals surface area contributed by atoms with Gasteiger partial charge >= 0.3 is 11.9 Å². The van der Waals surface area contributed by atoms with Gasteiger partial charge in [-0.25, -0.2) is 9.59 Å². The first-order valence-corrected chi connectivity index (χ1v) is 2.66. The average Bonchev–Trinajstić information content (AvgIpc) is 1.98. The summed E-state index contributed by atoms with van der Waals surface area (Å²) >= 11 is 0. The molecule has 0 atom stereocenters. The number of carbonyl (C=O) groups excluding carboxylic acids is 2. The van der Waals surface area contributed by atoms with E-state index in [2.05, 4.69) is 21.4 Å². The van der Waals surface area contributed by atoms with E-state index >= 15 is 0 Å². The molecule has 1 aliphatic rings. The van der Waals surface area contributed by atoms with Gasteiger partial charge in [0, 0.05) is 11.1 Å². The van der Waals surface area contributed by atoms with Gasteiger partial charge in [-0.15, -0.1) is 0 Å². The maximum Gasteiger partial charge on any atom is 0.376 e. The minimum Gasteiger partial charge on any atom is -0.255 e. The van der Waals surface area contributed by atoms with Crippen LogP contribution in [-0.4, -0.2) is 11.9 Å². The molecule has 1 rings (SSSR count). The van der Waals surface area contributed by atoms with Gasteiger partial charge in [0.05, 0.1) is 5.57 Å². The molecule has 11 heavy (non-hydrogen) atoms. The van der Waals surface area contributed by atoms with E-state index in [4.69, 9.17) is 0 Å². The molecule has 0 radical (unpaired) electrons. The molecule has 0 amide bonds. The molecule has 0 spiro atoms. The molecule has 0 saturated heterocycles. The summed E-state index contributed by atoms with van der Waals surface area (Å²) in [6.45, 7) is 3.28. The Morgan fingerprint density at radius 2 is 1.91 bits per heavy atom. The van der Waals surface area contributed by atoms with Crippen LogP contribution in [0.1, 0.15) is 0 Å². The molecule has 1 heterocycles. The fourth-order valence-corrected chi connectivity index (χ4v) is 0.399. The van der Waals surface area contributed by atoms with Crippen LogP contribution in [0.4, 0.5) is 0 Å². The molecule has 0 saturated carbocycles. The minimum absolute atomic E-state index is 0.0154.